The Labute approximate surface area is 129 Å². The smallest absolute Gasteiger partial charge is 0.346 e. The van der Waals surface area contributed by atoms with E-state index in [1.807, 2.05) is 0 Å². The number of amides is 2. The molecule has 0 aliphatic heterocycles. The third-order valence-corrected chi connectivity index (χ3v) is 2.33. The van der Waals surface area contributed by atoms with Gasteiger partial charge in [-0.05, 0) is 5.92 Å². The minimum Gasteiger partial charge on any atom is -0.346 e. The van der Waals surface area contributed by atoms with Gasteiger partial charge in [0.05, 0.1) is 13.1 Å². The first-order valence-electron chi connectivity index (χ1n) is 6.68. The van der Waals surface area contributed by atoms with Crippen LogP contribution in [0.15, 0.2) is 0 Å². The summed E-state index contributed by atoms with van der Waals surface area (Å²) in [5.74, 6) is -1.97. The Hall–Kier alpha value is -1.52. The van der Waals surface area contributed by atoms with E-state index in [9.17, 15) is 35.9 Å². The molecule has 0 saturated carbocycles. The molecule has 0 fully saturated rings. The normalized spacial score (nSPS) is 12.6. The predicted molar refractivity (Wildman–Crippen MR) is 69.4 cm³/mol. The lowest BCUT2D eigenvalue weighted by Gasteiger charge is -2.23. The summed E-state index contributed by atoms with van der Waals surface area (Å²) in [7, 11) is 0. The largest absolute Gasteiger partial charge is 0.405 e. The number of hydrogen-bond donors (Lipinski definition) is 2. The molecule has 0 aliphatic carbocycles. The average Bonchev–Trinajstić information content (AvgIpc) is 2.31. The van der Waals surface area contributed by atoms with Crippen LogP contribution < -0.4 is 10.6 Å². The summed E-state index contributed by atoms with van der Waals surface area (Å²) < 4.78 is 71.9. The van der Waals surface area contributed by atoms with Crippen molar-refractivity contribution in [3.63, 3.8) is 0 Å². The molecule has 0 atom stereocenters. The van der Waals surface area contributed by atoms with Crippen LogP contribution in [0.1, 0.15) is 13.8 Å². The van der Waals surface area contributed by atoms with Crippen molar-refractivity contribution in [2.75, 3.05) is 32.7 Å². The Morgan fingerprint density at radius 3 is 1.48 bits per heavy atom. The van der Waals surface area contributed by atoms with Crippen LogP contribution in [-0.2, 0) is 9.59 Å². The van der Waals surface area contributed by atoms with Crippen LogP contribution in [0.4, 0.5) is 26.3 Å². The van der Waals surface area contributed by atoms with E-state index >= 15 is 0 Å². The van der Waals surface area contributed by atoms with Gasteiger partial charge in [-0.25, -0.2) is 0 Å². The molecule has 23 heavy (non-hydrogen) atoms. The number of halogens is 6. The number of nitrogens with one attached hydrogen (secondary N) is 2. The second-order valence-corrected chi connectivity index (χ2v) is 5.35. The van der Waals surface area contributed by atoms with E-state index in [1.54, 1.807) is 24.5 Å². The van der Waals surface area contributed by atoms with Crippen molar-refractivity contribution in [3.8, 4) is 0 Å². The maximum absolute atomic E-state index is 12.0. The topological polar surface area (TPSA) is 61.4 Å². The third kappa shape index (κ3) is 13.8. The summed E-state index contributed by atoms with van der Waals surface area (Å²) in [6.07, 6.45) is -9.13. The Morgan fingerprint density at radius 1 is 0.870 bits per heavy atom. The van der Waals surface area contributed by atoms with Crippen LogP contribution in [0.25, 0.3) is 0 Å². The van der Waals surface area contributed by atoms with Gasteiger partial charge < -0.3 is 10.6 Å². The fourth-order valence-corrected chi connectivity index (χ4v) is 1.62. The Morgan fingerprint density at radius 2 is 1.22 bits per heavy atom. The van der Waals surface area contributed by atoms with Crippen molar-refractivity contribution >= 4 is 11.8 Å². The van der Waals surface area contributed by atoms with Crippen molar-refractivity contribution in [2.24, 2.45) is 5.92 Å². The van der Waals surface area contributed by atoms with Gasteiger partial charge in [0, 0.05) is 6.54 Å². The minimum atomic E-state index is -4.57. The number of rotatable bonds is 8. The predicted octanol–water partition coefficient (Wildman–Crippen LogP) is 1.30. The Kier molecular flexibility index (Phi) is 8.35. The molecule has 2 amide bonds. The van der Waals surface area contributed by atoms with E-state index < -0.39 is 50.3 Å². The molecule has 0 aliphatic rings. The molecule has 11 heteroatoms. The van der Waals surface area contributed by atoms with Crippen molar-refractivity contribution in [1.82, 2.24) is 15.5 Å². The molecular weight excluding hydrogens is 332 g/mol. The quantitative estimate of drug-likeness (QED) is 0.648. The van der Waals surface area contributed by atoms with Gasteiger partial charge in [-0.2, -0.15) is 26.3 Å². The maximum atomic E-state index is 12.0. The SMILES string of the molecule is CC(C)CN(CC(=O)NCC(F)(F)F)CC(=O)NCC(F)(F)F. The van der Waals surface area contributed by atoms with Crippen LogP contribution >= 0.6 is 0 Å². The van der Waals surface area contributed by atoms with Gasteiger partial charge >= 0.3 is 12.4 Å². The molecular formula is C12H19F6N3O2. The van der Waals surface area contributed by atoms with Gasteiger partial charge in [-0.1, -0.05) is 13.8 Å². The number of carbonyl (C=O) groups excluding carboxylic acids is 2. The molecule has 0 heterocycles. The zero-order chi connectivity index (χ0) is 18.3. The second-order valence-electron chi connectivity index (χ2n) is 5.35. The molecule has 0 bridgehead atoms. The van der Waals surface area contributed by atoms with E-state index in [4.69, 9.17) is 0 Å². The highest BCUT2D eigenvalue weighted by Crippen LogP contribution is 2.13. The minimum absolute atomic E-state index is 0.0409. The summed E-state index contributed by atoms with van der Waals surface area (Å²) in [5.41, 5.74) is 0. The van der Waals surface area contributed by atoms with Gasteiger partial charge in [0.15, 0.2) is 0 Å². The second kappa shape index (κ2) is 8.94. The van der Waals surface area contributed by atoms with E-state index in [2.05, 4.69) is 0 Å². The Bertz CT molecular complexity index is 363. The van der Waals surface area contributed by atoms with Gasteiger partial charge in [0.25, 0.3) is 0 Å². The van der Waals surface area contributed by atoms with Crippen molar-refractivity contribution in [1.29, 1.82) is 0 Å². The van der Waals surface area contributed by atoms with Gasteiger partial charge in [0.1, 0.15) is 13.1 Å². The highest BCUT2D eigenvalue weighted by Gasteiger charge is 2.29. The van der Waals surface area contributed by atoms with Gasteiger partial charge in [-0.15, -0.1) is 0 Å². The summed E-state index contributed by atoms with van der Waals surface area (Å²) >= 11 is 0. The van der Waals surface area contributed by atoms with Crippen LogP contribution in [0, 0.1) is 5.92 Å². The summed E-state index contributed by atoms with van der Waals surface area (Å²) in [4.78, 5) is 24.0. The van der Waals surface area contributed by atoms with E-state index in [0.717, 1.165) is 0 Å². The summed E-state index contributed by atoms with van der Waals surface area (Å²) in [6.45, 7) is -0.439. The molecule has 0 saturated heterocycles. The zero-order valence-corrected chi connectivity index (χ0v) is 12.6. The first kappa shape index (κ1) is 21.5. The van der Waals surface area contributed by atoms with E-state index in [1.165, 1.54) is 4.90 Å². The highest BCUT2D eigenvalue weighted by molar-refractivity contribution is 5.81. The molecule has 0 unspecified atom stereocenters. The Balaban J connectivity index is 4.46. The third-order valence-electron chi connectivity index (χ3n) is 2.33. The van der Waals surface area contributed by atoms with Crippen molar-refractivity contribution < 1.29 is 35.9 Å². The van der Waals surface area contributed by atoms with E-state index in [0.29, 0.717) is 0 Å². The molecule has 0 radical (unpaired) electrons. The average molecular weight is 351 g/mol. The number of alkyl halides is 6. The van der Waals surface area contributed by atoms with Gasteiger partial charge in [-0.3, -0.25) is 14.5 Å². The lowest BCUT2D eigenvalue weighted by atomic mass is 10.2. The molecule has 0 aromatic heterocycles. The lowest BCUT2D eigenvalue weighted by Crippen LogP contribution is -2.46. The monoisotopic (exact) mass is 351 g/mol. The molecule has 0 aromatic rings. The summed E-state index contributed by atoms with van der Waals surface area (Å²) in [6, 6.07) is 0. The van der Waals surface area contributed by atoms with Crippen LogP contribution in [0.5, 0.6) is 0 Å². The van der Waals surface area contributed by atoms with Crippen LogP contribution in [0.3, 0.4) is 0 Å². The fourth-order valence-electron chi connectivity index (χ4n) is 1.62. The first-order chi connectivity index (χ1) is 10.3. The fraction of sp³-hybridized carbons (Fsp3) is 0.833. The molecule has 2 N–H and O–H groups in total. The lowest BCUT2D eigenvalue weighted by molar-refractivity contribution is -0.141. The maximum Gasteiger partial charge on any atom is 0.405 e. The highest BCUT2D eigenvalue weighted by atomic mass is 19.4. The molecule has 0 spiro atoms. The van der Waals surface area contributed by atoms with Crippen LogP contribution in [-0.4, -0.2) is 61.8 Å². The zero-order valence-electron chi connectivity index (χ0n) is 12.6. The number of carbonyl (C=O) groups is 2. The first-order valence-corrected chi connectivity index (χ1v) is 6.68. The standard InChI is InChI=1S/C12H19F6N3O2/c1-8(2)3-21(4-9(22)19-6-11(13,14)15)5-10(23)20-7-12(16,17)18/h8H,3-7H2,1-2H3,(H,19,22)(H,20,23). The van der Waals surface area contributed by atoms with Crippen molar-refractivity contribution in [2.45, 2.75) is 26.2 Å². The number of hydrogen-bond acceptors (Lipinski definition) is 3. The van der Waals surface area contributed by atoms with Crippen molar-refractivity contribution in [3.05, 3.63) is 0 Å². The van der Waals surface area contributed by atoms with Gasteiger partial charge in [0.2, 0.25) is 11.8 Å². The van der Waals surface area contributed by atoms with Crippen LogP contribution in [0.2, 0.25) is 0 Å². The molecule has 5 nitrogen and oxygen atoms in total. The summed E-state index contributed by atoms with van der Waals surface area (Å²) in [5, 5.41) is 3.28. The molecule has 136 valence electrons. The van der Waals surface area contributed by atoms with E-state index in [-0.39, 0.29) is 12.5 Å². The number of nitrogens with zero attached hydrogens (tertiary/aromatic N) is 1. The molecule has 0 rings (SSSR count). The molecule has 0 aromatic carbocycles.